The summed E-state index contributed by atoms with van der Waals surface area (Å²) in [7, 11) is 0. The number of hydrogen-bond donors (Lipinski definition) is 1. The number of nitrogens with one attached hydrogen (secondary N) is 1. The number of nitroso groups, excluding NO2 is 1. The summed E-state index contributed by atoms with van der Waals surface area (Å²) in [5.41, 5.74) is -1.29. The van der Waals surface area contributed by atoms with Gasteiger partial charge in [-0.25, -0.2) is 4.79 Å². The minimum absolute atomic E-state index is 0.236. The molecular formula is C11H15N3O3. The lowest BCUT2D eigenvalue weighted by Gasteiger charge is -2.21. The lowest BCUT2D eigenvalue weighted by Crippen LogP contribution is -2.36. The Bertz CT molecular complexity index is 511. The molecule has 0 aromatic carbocycles. The van der Waals surface area contributed by atoms with E-state index in [1.807, 2.05) is 0 Å². The Morgan fingerprint density at radius 1 is 1.29 bits per heavy atom. The average molecular weight is 237 g/mol. The fourth-order valence-electron chi connectivity index (χ4n) is 2.36. The van der Waals surface area contributed by atoms with E-state index in [4.69, 9.17) is 0 Å². The molecule has 6 heteroatoms. The molecule has 1 fully saturated rings. The first-order valence-electron chi connectivity index (χ1n) is 5.88. The van der Waals surface area contributed by atoms with Gasteiger partial charge in [-0.1, -0.05) is 19.3 Å². The minimum Gasteiger partial charge on any atom is -0.312 e. The molecule has 0 atom stereocenters. The van der Waals surface area contributed by atoms with E-state index in [2.05, 4.69) is 10.2 Å². The molecule has 1 aromatic rings. The molecule has 1 saturated carbocycles. The van der Waals surface area contributed by atoms with Crippen molar-refractivity contribution in [3.05, 3.63) is 31.9 Å². The van der Waals surface area contributed by atoms with Gasteiger partial charge in [0, 0.05) is 12.7 Å². The molecule has 17 heavy (non-hydrogen) atoms. The van der Waals surface area contributed by atoms with Crippen molar-refractivity contribution in [1.82, 2.24) is 9.55 Å². The Labute approximate surface area is 97.6 Å². The van der Waals surface area contributed by atoms with E-state index in [-0.39, 0.29) is 5.69 Å². The molecule has 1 aliphatic carbocycles. The predicted octanol–water partition coefficient (Wildman–Crippen LogP) is 1.51. The minimum atomic E-state index is -0.589. The van der Waals surface area contributed by atoms with Gasteiger partial charge in [0.2, 0.25) is 0 Å². The third-order valence-corrected chi connectivity index (χ3v) is 3.31. The number of hydrogen-bond acceptors (Lipinski definition) is 4. The average Bonchev–Trinajstić information content (AvgIpc) is 2.36. The van der Waals surface area contributed by atoms with Crippen molar-refractivity contribution in [2.75, 3.05) is 0 Å². The first kappa shape index (κ1) is 11.8. The topological polar surface area (TPSA) is 84.3 Å². The lowest BCUT2D eigenvalue weighted by molar-refractivity contribution is 0.311. The van der Waals surface area contributed by atoms with Crippen LogP contribution in [-0.2, 0) is 6.54 Å². The van der Waals surface area contributed by atoms with Crippen LogP contribution in [0.2, 0.25) is 0 Å². The summed E-state index contributed by atoms with van der Waals surface area (Å²) < 4.78 is 1.09. The zero-order chi connectivity index (χ0) is 12.3. The molecule has 0 unspecified atom stereocenters. The van der Waals surface area contributed by atoms with E-state index >= 15 is 0 Å². The Balaban J connectivity index is 2.28. The van der Waals surface area contributed by atoms with Crippen molar-refractivity contribution in [3.63, 3.8) is 0 Å². The fraction of sp³-hybridized carbons (Fsp3) is 0.636. The SMILES string of the molecule is O=Nc1c[nH]c(=O)n(CC2CCCCC2)c1=O. The summed E-state index contributed by atoms with van der Waals surface area (Å²) in [6.45, 7) is 0.386. The van der Waals surface area contributed by atoms with Crippen LogP contribution < -0.4 is 11.2 Å². The van der Waals surface area contributed by atoms with Crippen LogP contribution in [0.15, 0.2) is 21.0 Å². The van der Waals surface area contributed by atoms with Gasteiger partial charge in [0.25, 0.3) is 5.56 Å². The first-order chi connectivity index (χ1) is 8.22. The second-order valence-electron chi connectivity index (χ2n) is 4.49. The van der Waals surface area contributed by atoms with Gasteiger partial charge in [-0.05, 0) is 23.9 Å². The molecular weight excluding hydrogens is 222 g/mol. The van der Waals surface area contributed by atoms with Gasteiger partial charge in [-0.2, -0.15) is 0 Å². The van der Waals surface area contributed by atoms with Crippen molar-refractivity contribution < 1.29 is 0 Å². The molecule has 0 amide bonds. The predicted molar refractivity (Wildman–Crippen MR) is 63.4 cm³/mol. The highest BCUT2D eigenvalue weighted by Crippen LogP contribution is 2.24. The molecule has 0 radical (unpaired) electrons. The van der Waals surface area contributed by atoms with E-state index in [0.717, 1.165) is 36.4 Å². The normalized spacial score (nSPS) is 16.9. The number of rotatable bonds is 3. The van der Waals surface area contributed by atoms with Crippen LogP contribution in [0.5, 0.6) is 0 Å². The highest BCUT2D eigenvalue weighted by atomic mass is 16.3. The molecule has 1 aliphatic rings. The second kappa shape index (κ2) is 5.07. The van der Waals surface area contributed by atoms with E-state index in [9.17, 15) is 14.5 Å². The van der Waals surface area contributed by atoms with Gasteiger partial charge in [-0.15, -0.1) is 4.91 Å². The van der Waals surface area contributed by atoms with Crippen LogP contribution in [0.4, 0.5) is 5.69 Å². The van der Waals surface area contributed by atoms with E-state index in [0.29, 0.717) is 12.5 Å². The summed E-state index contributed by atoms with van der Waals surface area (Å²) in [5.74, 6) is 0.351. The van der Waals surface area contributed by atoms with Gasteiger partial charge < -0.3 is 4.98 Å². The smallest absolute Gasteiger partial charge is 0.312 e. The summed E-state index contributed by atoms with van der Waals surface area (Å²) in [6, 6.07) is 0. The van der Waals surface area contributed by atoms with Crippen LogP contribution in [0.3, 0.4) is 0 Å². The molecule has 0 saturated heterocycles. The van der Waals surface area contributed by atoms with Crippen LogP contribution in [0.1, 0.15) is 32.1 Å². The monoisotopic (exact) mass is 237 g/mol. The molecule has 0 spiro atoms. The van der Waals surface area contributed by atoms with Crippen molar-refractivity contribution in [3.8, 4) is 0 Å². The standard InChI is InChI=1S/C11H15N3O3/c15-10-9(13-17)6-12-11(16)14(10)7-8-4-2-1-3-5-8/h6,8H,1-5,7H2,(H,12,16). The molecule has 2 rings (SSSR count). The number of H-pyrrole nitrogens is 1. The molecule has 0 bridgehead atoms. The van der Waals surface area contributed by atoms with E-state index in [1.165, 1.54) is 6.42 Å². The van der Waals surface area contributed by atoms with Crippen LogP contribution in [-0.4, -0.2) is 9.55 Å². The van der Waals surface area contributed by atoms with Gasteiger partial charge in [0.1, 0.15) is 0 Å². The Morgan fingerprint density at radius 3 is 2.65 bits per heavy atom. The molecule has 6 nitrogen and oxygen atoms in total. The zero-order valence-corrected chi connectivity index (χ0v) is 9.52. The maximum Gasteiger partial charge on any atom is 0.328 e. The van der Waals surface area contributed by atoms with Crippen LogP contribution >= 0.6 is 0 Å². The van der Waals surface area contributed by atoms with Gasteiger partial charge in [-0.3, -0.25) is 9.36 Å². The van der Waals surface area contributed by atoms with Gasteiger partial charge in [0.15, 0.2) is 5.69 Å². The maximum atomic E-state index is 11.7. The summed E-state index contributed by atoms with van der Waals surface area (Å²) >= 11 is 0. The largest absolute Gasteiger partial charge is 0.328 e. The fourth-order valence-corrected chi connectivity index (χ4v) is 2.36. The van der Waals surface area contributed by atoms with E-state index in [1.54, 1.807) is 0 Å². The third-order valence-electron chi connectivity index (χ3n) is 3.31. The van der Waals surface area contributed by atoms with Gasteiger partial charge >= 0.3 is 5.69 Å². The molecule has 1 aromatic heterocycles. The molecule has 92 valence electrons. The summed E-state index contributed by atoms with van der Waals surface area (Å²) in [4.78, 5) is 36.1. The Kier molecular flexibility index (Phi) is 3.51. The van der Waals surface area contributed by atoms with Gasteiger partial charge in [0.05, 0.1) is 0 Å². The lowest BCUT2D eigenvalue weighted by atomic mass is 9.89. The Hall–Kier alpha value is -1.72. The highest BCUT2D eigenvalue weighted by Gasteiger charge is 2.17. The molecule has 0 aliphatic heterocycles. The van der Waals surface area contributed by atoms with Crippen LogP contribution in [0.25, 0.3) is 0 Å². The van der Waals surface area contributed by atoms with Crippen LogP contribution in [0, 0.1) is 10.8 Å². The zero-order valence-electron chi connectivity index (χ0n) is 9.52. The maximum absolute atomic E-state index is 11.7. The highest BCUT2D eigenvalue weighted by molar-refractivity contribution is 5.28. The quantitative estimate of drug-likeness (QED) is 0.809. The van der Waals surface area contributed by atoms with Crippen molar-refractivity contribution >= 4 is 5.69 Å². The summed E-state index contributed by atoms with van der Waals surface area (Å²) in [6.07, 6.45) is 6.63. The summed E-state index contributed by atoms with van der Waals surface area (Å²) in [5, 5.41) is 2.61. The number of aromatic amines is 1. The first-order valence-corrected chi connectivity index (χ1v) is 5.88. The number of nitrogens with zero attached hydrogens (tertiary/aromatic N) is 2. The van der Waals surface area contributed by atoms with Crippen molar-refractivity contribution in [2.45, 2.75) is 38.6 Å². The molecule has 1 heterocycles. The van der Waals surface area contributed by atoms with Crippen molar-refractivity contribution in [1.29, 1.82) is 0 Å². The van der Waals surface area contributed by atoms with Crippen molar-refractivity contribution in [2.24, 2.45) is 11.1 Å². The molecule has 1 N–H and O–H groups in total. The Morgan fingerprint density at radius 2 is 2.00 bits per heavy atom. The second-order valence-corrected chi connectivity index (χ2v) is 4.49. The third kappa shape index (κ3) is 2.51. The number of aromatic nitrogens is 2. The van der Waals surface area contributed by atoms with E-state index < -0.39 is 11.2 Å².